The maximum absolute atomic E-state index is 13.5. The van der Waals surface area contributed by atoms with Gasteiger partial charge in [-0.05, 0) is 23.6 Å². The summed E-state index contributed by atoms with van der Waals surface area (Å²) in [6, 6.07) is 9.66. The second kappa shape index (κ2) is 6.62. The molecule has 0 aliphatic carbocycles. The van der Waals surface area contributed by atoms with Gasteiger partial charge in [-0.2, -0.15) is 5.10 Å². The van der Waals surface area contributed by atoms with Gasteiger partial charge in [-0.1, -0.05) is 12.1 Å². The van der Waals surface area contributed by atoms with Crippen LogP contribution in [-0.4, -0.2) is 15.7 Å². The molecule has 0 atom stereocenters. The number of halogens is 1. The molecule has 2 aromatic heterocycles. The molecule has 118 valence electrons. The predicted octanol–water partition coefficient (Wildman–Crippen LogP) is 3.45. The van der Waals surface area contributed by atoms with Gasteiger partial charge in [0.15, 0.2) is 17.4 Å². The monoisotopic (exact) mass is 331 g/mol. The van der Waals surface area contributed by atoms with Crippen LogP contribution < -0.4 is 10.1 Å². The summed E-state index contributed by atoms with van der Waals surface area (Å²) in [5.74, 6) is 0.0509. The average Bonchev–Trinajstić information content (AvgIpc) is 3.16. The van der Waals surface area contributed by atoms with E-state index < -0.39 is 5.82 Å². The fraction of sp³-hybridized carbons (Fsp3) is 0.125. The zero-order valence-electron chi connectivity index (χ0n) is 12.3. The number of nitrogens with one attached hydrogen (secondary N) is 1. The van der Waals surface area contributed by atoms with Crippen molar-refractivity contribution in [2.45, 2.75) is 6.61 Å². The molecule has 1 N–H and O–H groups in total. The summed E-state index contributed by atoms with van der Waals surface area (Å²) in [6.07, 6.45) is 1.75. The summed E-state index contributed by atoms with van der Waals surface area (Å²) in [5.41, 5.74) is 0.810. The van der Waals surface area contributed by atoms with Crippen LogP contribution in [-0.2, 0) is 13.7 Å². The minimum absolute atomic E-state index is 0.193. The number of carbonyl (C=O) groups is 1. The average molecular weight is 331 g/mol. The summed E-state index contributed by atoms with van der Waals surface area (Å²) in [7, 11) is 1.78. The van der Waals surface area contributed by atoms with Crippen LogP contribution >= 0.6 is 11.3 Å². The zero-order valence-corrected chi connectivity index (χ0v) is 13.1. The Morgan fingerprint density at radius 1 is 1.39 bits per heavy atom. The summed E-state index contributed by atoms with van der Waals surface area (Å²) in [6.45, 7) is 0.203. The van der Waals surface area contributed by atoms with Crippen LogP contribution in [0.2, 0.25) is 0 Å². The predicted molar refractivity (Wildman–Crippen MR) is 86.2 cm³/mol. The van der Waals surface area contributed by atoms with Gasteiger partial charge in [0.1, 0.15) is 6.61 Å². The summed E-state index contributed by atoms with van der Waals surface area (Å²) in [5, 5.41) is 8.62. The highest BCUT2D eigenvalue weighted by atomic mass is 32.1. The molecule has 5 nitrogen and oxygen atoms in total. The van der Waals surface area contributed by atoms with Crippen molar-refractivity contribution in [3.05, 3.63) is 64.2 Å². The number of carbonyl (C=O) groups excluding carboxylic acids is 1. The molecule has 0 unspecified atom stereocenters. The van der Waals surface area contributed by atoms with Gasteiger partial charge in [-0.25, -0.2) is 4.39 Å². The molecule has 0 saturated carbocycles. The van der Waals surface area contributed by atoms with Crippen molar-refractivity contribution in [1.82, 2.24) is 9.78 Å². The Kier molecular flexibility index (Phi) is 4.38. The molecule has 0 saturated heterocycles. The fourth-order valence-corrected chi connectivity index (χ4v) is 2.74. The molecule has 1 aromatic carbocycles. The van der Waals surface area contributed by atoms with Crippen LogP contribution in [0, 0.1) is 5.82 Å². The number of rotatable bonds is 5. The van der Waals surface area contributed by atoms with Crippen LogP contribution in [0.5, 0.6) is 5.75 Å². The van der Waals surface area contributed by atoms with E-state index in [4.69, 9.17) is 4.74 Å². The SMILES string of the molecule is Cn1ccc(NC(=O)c2cc(COc3ccccc3F)cs2)n1. The second-order valence-electron chi connectivity index (χ2n) is 4.87. The van der Waals surface area contributed by atoms with Gasteiger partial charge in [0, 0.05) is 24.9 Å². The Morgan fingerprint density at radius 3 is 2.96 bits per heavy atom. The number of amides is 1. The van der Waals surface area contributed by atoms with Crippen LogP contribution in [0.1, 0.15) is 15.2 Å². The van der Waals surface area contributed by atoms with E-state index in [-0.39, 0.29) is 18.3 Å². The van der Waals surface area contributed by atoms with Crippen molar-refractivity contribution < 1.29 is 13.9 Å². The van der Waals surface area contributed by atoms with Crippen LogP contribution in [0.15, 0.2) is 48.0 Å². The number of aromatic nitrogens is 2. The molecule has 0 radical (unpaired) electrons. The summed E-state index contributed by atoms with van der Waals surface area (Å²) >= 11 is 1.30. The molecule has 0 aliphatic heterocycles. The van der Waals surface area contributed by atoms with E-state index in [1.54, 1.807) is 48.3 Å². The number of nitrogens with zero attached hydrogens (tertiary/aromatic N) is 2. The topological polar surface area (TPSA) is 56.2 Å². The molecule has 3 rings (SSSR count). The van der Waals surface area contributed by atoms with Gasteiger partial charge in [-0.15, -0.1) is 11.3 Å². The maximum Gasteiger partial charge on any atom is 0.266 e. The molecule has 23 heavy (non-hydrogen) atoms. The molecule has 0 fully saturated rings. The number of hydrogen-bond acceptors (Lipinski definition) is 4. The van der Waals surface area contributed by atoms with E-state index in [9.17, 15) is 9.18 Å². The number of anilines is 1. The molecule has 3 aromatic rings. The first-order chi connectivity index (χ1) is 11.1. The fourth-order valence-electron chi connectivity index (χ4n) is 1.95. The van der Waals surface area contributed by atoms with Crippen LogP contribution in [0.4, 0.5) is 10.2 Å². The lowest BCUT2D eigenvalue weighted by molar-refractivity contribution is 0.103. The largest absolute Gasteiger partial charge is 0.486 e. The Labute approximate surface area is 136 Å². The minimum atomic E-state index is -0.407. The van der Waals surface area contributed by atoms with Crippen molar-refractivity contribution in [1.29, 1.82) is 0 Å². The maximum atomic E-state index is 13.5. The number of para-hydroxylation sites is 1. The molecule has 7 heteroatoms. The Balaban J connectivity index is 1.61. The van der Waals surface area contributed by atoms with Crippen molar-refractivity contribution in [2.24, 2.45) is 7.05 Å². The molecule has 0 bridgehead atoms. The second-order valence-corrected chi connectivity index (χ2v) is 5.78. The lowest BCUT2D eigenvalue weighted by Crippen LogP contribution is -2.11. The van der Waals surface area contributed by atoms with Crippen LogP contribution in [0.25, 0.3) is 0 Å². The number of aryl methyl sites for hydroxylation is 1. The van der Waals surface area contributed by atoms with Crippen LogP contribution in [0.3, 0.4) is 0 Å². The standard InChI is InChI=1S/C16H14FN3O2S/c1-20-7-6-15(19-20)18-16(21)14-8-11(10-23-14)9-22-13-5-3-2-4-12(13)17/h2-8,10H,9H2,1H3,(H,18,19,21). The highest BCUT2D eigenvalue weighted by Gasteiger charge is 2.11. The molecule has 0 spiro atoms. The first-order valence-corrected chi connectivity index (χ1v) is 7.75. The smallest absolute Gasteiger partial charge is 0.266 e. The van der Waals surface area contributed by atoms with Gasteiger partial charge in [0.25, 0.3) is 5.91 Å². The van der Waals surface area contributed by atoms with E-state index in [0.717, 1.165) is 5.56 Å². The Morgan fingerprint density at radius 2 is 2.22 bits per heavy atom. The first kappa shape index (κ1) is 15.2. The van der Waals surface area contributed by atoms with Crippen molar-refractivity contribution in [3.8, 4) is 5.75 Å². The lowest BCUT2D eigenvalue weighted by atomic mass is 10.3. The van der Waals surface area contributed by atoms with Crippen molar-refractivity contribution >= 4 is 23.1 Å². The van der Waals surface area contributed by atoms with Crippen molar-refractivity contribution in [2.75, 3.05) is 5.32 Å². The number of benzene rings is 1. The quantitative estimate of drug-likeness (QED) is 0.779. The van der Waals surface area contributed by atoms with Gasteiger partial charge in [0.2, 0.25) is 0 Å². The third-order valence-corrected chi connectivity index (χ3v) is 4.04. The summed E-state index contributed by atoms with van der Waals surface area (Å²) in [4.78, 5) is 12.7. The zero-order chi connectivity index (χ0) is 16.2. The normalized spacial score (nSPS) is 10.5. The Hall–Kier alpha value is -2.67. The minimum Gasteiger partial charge on any atom is -0.486 e. The lowest BCUT2D eigenvalue weighted by Gasteiger charge is -2.05. The number of ether oxygens (including phenoxy) is 1. The molecule has 0 aliphatic rings. The first-order valence-electron chi connectivity index (χ1n) is 6.87. The van der Waals surface area contributed by atoms with Gasteiger partial charge < -0.3 is 10.1 Å². The third kappa shape index (κ3) is 3.75. The van der Waals surface area contributed by atoms with E-state index >= 15 is 0 Å². The third-order valence-electron chi connectivity index (χ3n) is 3.06. The summed E-state index contributed by atoms with van der Waals surface area (Å²) < 4.78 is 20.5. The van der Waals surface area contributed by atoms with Gasteiger partial charge in [-0.3, -0.25) is 9.48 Å². The molecule has 1 amide bonds. The van der Waals surface area contributed by atoms with E-state index in [0.29, 0.717) is 10.7 Å². The van der Waals surface area contributed by atoms with Gasteiger partial charge in [0.05, 0.1) is 4.88 Å². The molecular formula is C16H14FN3O2S. The highest BCUT2D eigenvalue weighted by molar-refractivity contribution is 7.12. The van der Waals surface area contributed by atoms with E-state index in [1.165, 1.54) is 17.4 Å². The number of thiophene rings is 1. The molecule has 2 heterocycles. The molecular weight excluding hydrogens is 317 g/mol. The van der Waals surface area contributed by atoms with E-state index in [1.807, 2.05) is 5.38 Å². The highest BCUT2D eigenvalue weighted by Crippen LogP contribution is 2.20. The number of hydrogen-bond donors (Lipinski definition) is 1. The van der Waals surface area contributed by atoms with Gasteiger partial charge >= 0.3 is 0 Å². The van der Waals surface area contributed by atoms with E-state index in [2.05, 4.69) is 10.4 Å². The van der Waals surface area contributed by atoms with Crippen molar-refractivity contribution in [3.63, 3.8) is 0 Å². The Bertz CT molecular complexity index is 828.